The third kappa shape index (κ3) is 7.17. The monoisotopic (exact) mass is 154 g/mol. The van der Waals surface area contributed by atoms with Crippen LogP contribution in [0.1, 0.15) is 33.1 Å². The minimum Gasteiger partial charge on any atom is -0.501 e. The van der Waals surface area contributed by atoms with Gasteiger partial charge in [-0.25, -0.2) is 0 Å². The highest BCUT2D eigenvalue weighted by molar-refractivity contribution is 5.09. The Morgan fingerprint density at radius 3 is 2.73 bits per heavy atom. The highest BCUT2D eigenvalue weighted by atomic mass is 16.5. The van der Waals surface area contributed by atoms with Gasteiger partial charge in [0.25, 0.3) is 0 Å². The van der Waals surface area contributed by atoms with E-state index in [9.17, 15) is 0 Å². The van der Waals surface area contributed by atoms with E-state index in [1.807, 2.05) is 6.92 Å². The maximum absolute atomic E-state index is 5.26. The first-order valence-electron chi connectivity index (χ1n) is 4.22. The Kier molecular flexibility index (Phi) is 6.90. The summed E-state index contributed by atoms with van der Waals surface area (Å²) in [5.41, 5.74) is 1.08. The molecule has 1 nitrogen and oxygen atoms in total. The van der Waals surface area contributed by atoms with E-state index >= 15 is 0 Å². The molecule has 0 atom stereocenters. The second-order valence-corrected chi connectivity index (χ2v) is 2.64. The highest BCUT2D eigenvalue weighted by Crippen LogP contribution is 1.97. The highest BCUT2D eigenvalue weighted by Gasteiger charge is 1.84. The molecule has 0 bridgehead atoms. The molecule has 11 heavy (non-hydrogen) atoms. The molecule has 0 unspecified atom stereocenters. The molecular weight excluding hydrogens is 136 g/mol. The van der Waals surface area contributed by atoms with E-state index in [0.717, 1.165) is 18.6 Å². The topological polar surface area (TPSA) is 9.23 Å². The van der Waals surface area contributed by atoms with Crippen LogP contribution in [0.5, 0.6) is 0 Å². The molecule has 1 heteroatoms. The maximum Gasteiger partial charge on any atom is 0.0873 e. The number of allylic oxidation sites excluding steroid dienone is 2. The average Bonchev–Trinajstić information content (AvgIpc) is 2.04. The number of hydrogen-bond acceptors (Lipinski definition) is 1. The quantitative estimate of drug-likeness (QED) is 0.324. The van der Waals surface area contributed by atoms with E-state index in [-0.39, 0.29) is 0 Å². The predicted octanol–water partition coefficient (Wildman–Crippen LogP) is 3.28. The lowest BCUT2D eigenvalue weighted by Crippen LogP contribution is -1.87. The fourth-order valence-electron chi connectivity index (χ4n) is 0.674. The van der Waals surface area contributed by atoms with Crippen molar-refractivity contribution in [3.05, 3.63) is 24.5 Å². The molecule has 0 N–H and O–H groups in total. The van der Waals surface area contributed by atoms with Crippen LogP contribution in [0, 0.1) is 0 Å². The molecule has 0 fully saturated rings. The Labute approximate surface area is 69.8 Å². The van der Waals surface area contributed by atoms with Gasteiger partial charge in [-0.3, -0.25) is 0 Å². The maximum atomic E-state index is 5.26. The van der Waals surface area contributed by atoms with Gasteiger partial charge in [-0.15, -0.1) is 0 Å². The second kappa shape index (κ2) is 7.39. The lowest BCUT2D eigenvalue weighted by atomic mass is 10.3. The summed E-state index contributed by atoms with van der Waals surface area (Å²) in [6.45, 7) is 8.62. The Hall–Kier alpha value is -0.720. The second-order valence-electron chi connectivity index (χ2n) is 2.64. The van der Waals surface area contributed by atoms with Gasteiger partial charge in [0.2, 0.25) is 0 Å². The number of rotatable bonds is 6. The minimum absolute atomic E-state index is 0.832. The predicted molar refractivity (Wildman–Crippen MR) is 49.4 cm³/mol. The Morgan fingerprint density at radius 1 is 1.45 bits per heavy atom. The largest absolute Gasteiger partial charge is 0.501 e. The summed E-state index contributed by atoms with van der Waals surface area (Å²) in [4.78, 5) is 0. The summed E-state index contributed by atoms with van der Waals surface area (Å²) in [5, 5.41) is 0. The molecule has 0 aromatic rings. The van der Waals surface area contributed by atoms with E-state index in [1.54, 1.807) is 12.3 Å². The number of unbranched alkanes of at least 4 members (excludes halogenated alkanes) is 2. The molecule has 0 amide bonds. The fourth-order valence-corrected chi connectivity index (χ4v) is 0.674. The van der Waals surface area contributed by atoms with Crippen molar-refractivity contribution >= 4 is 0 Å². The Bertz CT molecular complexity index is 125. The van der Waals surface area contributed by atoms with Crippen LogP contribution < -0.4 is 0 Å². The van der Waals surface area contributed by atoms with Crippen LogP contribution in [-0.4, -0.2) is 6.61 Å². The molecule has 0 spiro atoms. The molecule has 0 saturated carbocycles. The summed E-state index contributed by atoms with van der Waals surface area (Å²) < 4.78 is 5.26. The first-order chi connectivity index (χ1) is 5.31. The van der Waals surface area contributed by atoms with Gasteiger partial charge in [-0.2, -0.15) is 0 Å². The fraction of sp³-hybridized carbons (Fsp3) is 0.600. The molecule has 0 aliphatic carbocycles. The van der Waals surface area contributed by atoms with Crippen LogP contribution in [0.15, 0.2) is 24.5 Å². The smallest absolute Gasteiger partial charge is 0.0873 e. The third-order valence-electron chi connectivity index (χ3n) is 1.46. The van der Waals surface area contributed by atoms with Gasteiger partial charge in [0.1, 0.15) is 0 Å². The van der Waals surface area contributed by atoms with E-state index < -0.39 is 0 Å². The molecular formula is C10H18O. The number of ether oxygens (including phenoxy) is 1. The van der Waals surface area contributed by atoms with Gasteiger partial charge in [-0.05, 0) is 18.9 Å². The van der Waals surface area contributed by atoms with Crippen molar-refractivity contribution in [1.29, 1.82) is 0 Å². The summed E-state index contributed by atoms with van der Waals surface area (Å²) in [7, 11) is 0. The van der Waals surface area contributed by atoms with Crippen molar-refractivity contribution < 1.29 is 4.74 Å². The molecule has 0 aromatic carbocycles. The van der Waals surface area contributed by atoms with Crippen molar-refractivity contribution in [2.45, 2.75) is 33.1 Å². The molecule has 0 rings (SSSR count). The molecule has 0 aromatic heterocycles. The molecule has 0 aliphatic heterocycles. The van der Waals surface area contributed by atoms with Crippen molar-refractivity contribution in [2.75, 3.05) is 6.61 Å². The first-order valence-corrected chi connectivity index (χ1v) is 4.22. The summed E-state index contributed by atoms with van der Waals surface area (Å²) in [6, 6.07) is 0. The van der Waals surface area contributed by atoms with E-state index in [2.05, 4.69) is 13.5 Å². The van der Waals surface area contributed by atoms with Crippen LogP contribution >= 0.6 is 0 Å². The number of hydrogen-bond donors (Lipinski definition) is 0. The zero-order valence-corrected chi connectivity index (χ0v) is 7.60. The summed E-state index contributed by atoms with van der Waals surface area (Å²) >= 11 is 0. The zero-order chi connectivity index (χ0) is 8.53. The standard InChI is InChI=1S/C10H18O/c1-4-6-7-8-11-9-10(3)5-2/h5,9H,2,4,6-8H2,1,3H3. The SMILES string of the molecule is C=CC(C)=COCCCCC. The Balaban J connectivity index is 3.19. The van der Waals surface area contributed by atoms with E-state index in [4.69, 9.17) is 4.74 Å². The van der Waals surface area contributed by atoms with Crippen LogP contribution in [0.25, 0.3) is 0 Å². The first kappa shape index (κ1) is 10.3. The molecule has 0 aliphatic rings. The van der Waals surface area contributed by atoms with Crippen LogP contribution in [0.3, 0.4) is 0 Å². The lowest BCUT2D eigenvalue weighted by molar-refractivity contribution is 0.239. The van der Waals surface area contributed by atoms with Crippen LogP contribution in [0.2, 0.25) is 0 Å². The van der Waals surface area contributed by atoms with Gasteiger partial charge in [0, 0.05) is 0 Å². The van der Waals surface area contributed by atoms with Gasteiger partial charge in [-0.1, -0.05) is 32.4 Å². The van der Waals surface area contributed by atoms with Gasteiger partial charge in [0.05, 0.1) is 12.9 Å². The van der Waals surface area contributed by atoms with Gasteiger partial charge >= 0.3 is 0 Å². The Morgan fingerprint density at radius 2 is 2.18 bits per heavy atom. The van der Waals surface area contributed by atoms with E-state index in [0.29, 0.717) is 0 Å². The van der Waals surface area contributed by atoms with E-state index in [1.165, 1.54) is 12.8 Å². The van der Waals surface area contributed by atoms with Crippen molar-refractivity contribution in [3.63, 3.8) is 0 Å². The van der Waals surface area contributed by atoms with Gasteiger partial charge in [0.15, 0.2) is 0 Å². The zero-order valence-electron chi connectivity index (χ0n) is 7.60. The van der Waals surface area contributed by atoms with Crippen molar-refractivity contribution in [3.8, 4) is 0 Å². The summed E-state index contributed by atoms with van der Waals surface area (Å²) in [6.07, 6.45) is 7.20. The summed E-state index contributed by atoms with van der Waals surface area (Å²) in [5.74, 6) is 0. The van der Waals surface area contributed by atoms with Crippen LogP contribution in [0.4, 0.5) is 0 Å². The van der Waals surface area contributed by atoms with Gasteiger partial charge < -0.3 is 4.74 Å². The van der Waals surface area contributed by atoms with Crippen molar-refractivity contribution in [1.82, 2.24) is 0 Å². The minimum atomic E-state index is 0.832. The third-order valence-corrected chi connectivity index (χ3v) is 1.46. The lowest BCUT2D eigenvalue weighted by Gasteiger charge is -1.99. The average molecular weight is 154 g/mol. The normalized spacial score (nSPS) is 11.3. The molecule has 0 radical (unpaired) electrons. The van der Waals surface area contributed by atoms with Crippen molar-refractivity contribution in [2.24, 2.45) is 0 Å². The molecule has 0 heterocycles. The molecule has 0 saturated heterocycles. The van der Waals surface area contributed by atoms with Crippen LogP contribution in [-0.2, 0) is 4.74 Å². The molecule has 64 valence electrons.